The lowest BCUT2D eigenvalue weighted by Gasteiger charge is -2.04. The molecule has 1 aromatic rings. The number of thioether (sulfide) groups is 1. The number of rotatable bonds is 0. The highest BCUT2D eigenvalue weighted by Gasteiger charge is 2.18. The van der Waals surface area contributed by atoms with Crippen LogP contribution in [-0.2, 0) is 22.3 Å². The first kappa shape index (κ1) is 9.28. The highest BCUT2D eigenvalue weighted by Crippen LogP contribution is 2.28. The predicted octanol–water partition coefficient (Wildman–Crippen LogP) is 2.53. The third kappa shape index (κ3) is 1.97. The average Bonchev–Trinajstić information content (AvgIpc) is 2.28. The summed E-state index contributed by atoms with van der Waals surface area (Å²) >= 11 is 1.79. The number of hydrogen-bond acceptors (Lipinski definition) is 2. The minimum absolute atomic E-state index is 0.271. The van der Waals surface area contributed by atoms with E-state index in [0.29, 0.717) is 0 Å². The molecule has 0 saturated carbocycles. The minimum Gasteiger partial charge on any atom is -0.258 e. The monoisotopic (exact) mass is 212 g/mol. The van der Waals surface area contributed by atoms with Crippen LogP contribution in [0.2, 0.25) is 0 Å². The van der Waals surface area contributed by atoms with Gasteiger partial charge in [-0.25, -0.2) is 0 Å². The second kappa shape index (κ2) is 3.84. The van der Waals surface area contributed by atoms with Gasteiger partial charge in [-0.15, -0.1) is 11.8 Å². The summed E-state index contributed by atoms with van der Waals surface area (Å²) in [7, 11) is -0.701. The smallest absolute Gasteiger partial charge is 0.0780 e. The molecule has 0 aromatic heterocycles. The first-order valence-electron chi connectivity index (χ1n) is 4.33. The molecule has 1 nitrogen and oxygen atoms in total. The molecular weight excluding hydrogens is 200 g/mol. The summed E-state index contributed by atoms with van der Waals surface area (Å²) in [6.07, 6.45) is 0. The maximum Gasteiger partial charge on any atom is 0.0780 e. The van der Waals surface area contributed by atoms with Crippen molar-refractivity contribution in [1.82, 2.24) is 0 Å². The zero-order valence-electron chi connectivity index (χ0n) is 7.53. The van der Waals surface area contributed by atoms with Gasteiger partial charge in [0.15, 0.2) is 0 Å². The fourth-order valence-electron chi connectivity index (χ4n) is 1.39. The van der Waals surface area contributed by atoms with E-state index in [2.05, 4.69) is 18.2 Å². The van der Waals surface area contributed by atoms with Crippen molar-refractivity contribution < 1.29 is 4.21 Å². The molecule has 1 aromatic carbocycles. The van der Waals surface area contributed by atoms with E-state index < -0.39 is 10.8 Å². The molecule has 1 heterocycles. The molecule has 2 rings (SSSR count). The van der Waals surface area contributed by atoms with Crippen molar-refractivity contribution in [2.24, 2.45) is 0 Å². The van der Waals surface area contributed by atoms with Gasteiger partial charge in [-0.2, -0.15) is 0 Å². The number of hydrogen-bond donors (Lipinski definition) is 0. The van der Waals surface area contributed by atoms with Gasteiger partial charge in [0.1, 0.15) is 0 Å². The Morgan fingerprint density at radius 2 is 2.08 bits per heavy atom. The fourth-order valence-corrected chi connectivity index (χ4v) is 3.93. The zero-order valence-corrected chi connectivity index (χ0v) is 9.16. The summed E-state index contributed by atoms with van der Waals surface area (Å²) in [5.41, 5.74) is 2.61. The van der Waals surface area contributed by atoms with Crippen molar-refractivity contribution in [1.29, 1.82) is 0 Å². The molecule has 0 amide bonds. The van der Waals surface area contributed by atoms with E-state index in [4.69, 9.17) is 0 Å². The molecule has 0 spiro atoms. The Bertz CT molecular complexity index is 335. The van der Waals surface area contributed by atoms with Gasteiger partial charge in [-0.05, 0) is 18.1 Å². The molecule has 1 aliphatic rings. The largest absolute Gasteiger partial charge is 0.258 e. The fraction of sp³-hybridized carbons (Fsp3) is 0.400. The lowest BCUT2D eigenvalue weighted by Crippen LogP contribution is -2.05. The van der Waals surface area contributed by atoms with Crippen LogP contribution in [0, 0.1) is 0 Å². The lowest BCUT2D eigenvalue weighted by atomic mass is 10.1. The maximum atomic E-state index is 11.7. The van der Waals surface area contributed by atoms with Crippen LogP contribution in [0.3, 0.4) is 0 Å². The Morgan fingerprint density at radius 3 is 2.85 bits per heavy atom. The normalized spacial score (nSPS) is 27.8. The van der Waals surface area contributed by atoms with Crippen molar-refractivity contribution in [3.05, 3.63) is 35.4 Å². The van der Waals surface area contributed by atoms with Crippen LogP contribution < -0.4 is 0 Å². The highest BCUT2D eigenvalue weighted by atomic mass is 32.2. The van der Waals surface area contributed by atoms with E-state index in [1.54, 1.807) is 11.8 Å². The molecule has 3 heteroatoms. The summed E-state index contributed by atoms with van der Waals surface area (Å²) in [5.74, 6) is 1.73. The average molecular weight is 212 g/mol. The highest BCUT2D eigenvalue weighted by molar-refractivity contribution is 8.10. The third-order valence-electron chi connectivity index (χ3n) is 2.26. The Labute approximate surface area is 85.4 Å². The van der Waals surface area contributed by atoms with Crippen molar-refractivity contribution in [3.63, 3.8) is 0 Å². The number of fused-ring (bicyclic) bond motifs is 1. The van der Waals surface area contributed by atoms with Crippen LogP contribution in [0.5, 0.6) is 0 Å². The molecule has 0 saturated heterocycles. The van der Waals surface area contributed by atoms with Crippen molar-refractivity contribution in [3.8, 4) is 0 Å². The standard InChI is InChI=1S/C10H12OS2/c1-8-12-6-9-4-2-3-5-10(9)7-13(8)11/h2-5,8H,6-7H2,1H3. The van der Waals surface area contributed by atoms with Gasteiger partial charge >= 0.3 is 0 Å². The van der Waals surface area contributed by atoms with Crippen LogP contribution in [0.25, 0.3) is 0 Å². The molecule has 2 unspecified atom stereocenters. The Kier molecular flexibility index (Phi) is 2.74. The summed E-state index contributed by atoms with van der Waals surface area (Å²) < 4.78 is 11.9. The lowest BCUT2D eigenvalue weighted by molar-refractivity contribution is 0.682. The van der Waals surface area contributed by atoms with E-state index in [0.717, 1.165) is 11.5 Å². The van der Waals surface area contributed by atoms with Gasteiger partial charge in [0, 0.05) is 22.3 Å². The third-order valence-corrected chi connectivity index (χ3v) is 5.60. The number of benzene rings is 1. The molecule has 0 N–H and O–H groups in total. The summed E-state index contributed by atoms with van der Waals surface area (Å²) in [6, 6.07) is 8.30. The van der Waals surface area contributed by atoms with E-state index in [1.165, 1.54) is 11.1 Å². The molecule has 0 aliphatic carbocycles. The van der Waals surface area contributed by atoms with E-state index >= 15 is 0 Å². The molecule has 13 heavy (non-hydrogen) atoms. The zero-order chi connectivity index (χ0) is 9.26. The summed E-state index contributed by atoms with van der Waals surface area (Å²) in [5, 5.41) is 0. The molecule has 1 aliphatic heterocycles. The molecule has 70 valence electrons. The molecule has 0 bridgehead atoms. The van der Waals surface area contributed by atoms with Crippen molar-refractivity contribution in [2.45, 2.75) is 23.0 Å². The molecular formula is C10H12OS2. The van der Waals surface area contributed by atoms with Gasteiger partial charge in [-0.3, -0.25) is 4.21 Å². The van der Waals surface area contributed by atoms with Crippen LogP contribution in [0.15, 0.2) is 24.3 Å². The summed E-state index contributed by atoms with van der Waals surface area (Å²) in [6.45, 7) is 2.05. The predicted molar refractivity (Wildman–Crippen MR) is 59.0 cm³/mol. The SMILES string of the molecule is CC1SCc2ccccc2CS1=O. The van der Waals surface area contributed by atoms with Crippen LogP contribution in [0.4, 0.5) is 0 Å². The van der Waals surface area contributed by atoms with Gasteiger partial charge in [0.05, 0.1) is 4.58 Å². The Morgan fingerprint density at radius 1 is 1.38 bits per heavy atom. The second-order valence-electron chi connectivity index (χ2n) is 3.17. The topological polar surface area (TPSA) is 17.1 Å². The minimum atomic E-state index is -0.701. The van der Waals surface area contributed by atoms with Gasteiger partial charge < -0.3 is 0 Å². The maximum absolute atomic E-state index is 11.7. The summed E-state index contributed by atoms with van der Waals surface area (Å²) in [4.78, 5) is 0. The second-order valence-corrected chi connectivity index (χ2v) is 6.56. The first-order chi connectivity index (χ1) is 6.27. The van der Waals surface area contributed by atoms with Crippen molar-refractivity contribution in [2.75, 3.05) is 0 Å². The van der Waals surface area contributed by atoms with Gasteiger partial charge in [-0.1, -0.05) is 24.3 Å². The van der Waals surface area contributed by atoms with E-state index in [9.17, 15) is 4.21 Å². The first-order valence-corrected chi connectivity index (χ1v) is 6.76. The van der Waals surface area contributed by atoms with Crippen LogP contribution in [0.1, 0.15) is 18.1 Å². The Balaban J connectivity index is 2.35. The van der Waals surface area contributed by atoms with Crippen LogP contribution >= 0.6 is 11.8 Å². The molecule has 0 fully saturated rings. The molecule has 0 radical (unpaired) electrons. The van der Waals surface area contributed by atoms with E-state index in [1.807, 2.05) is 13.0 Å². The van der Waals surface area contributed by atoms with Crippen molar-refractivity contribution >= 4 is 22.6 Å². The van der Waals surface area contributed by atoms with E-state index in [-0.39, 0.29) is 4.58 Å². The quantitative estimate of drug-likeness (QED) is 0.657. The molecule has 2 atom stereocenters. The Hall–Kier alpha value is -0.280. The van der Waals surface area contributed by atoms with Crippen LogP contribution in [-0.4, -0.2) is 8.79 Å². The van der Waals surface area contributed by atoms with Gasteiger partial charge in [0.2, 0.25) is 0 Å². The van der Waals surface area contributed by atoms with Gasteiger partial charge in [0.25, 0.3) is 0 Å².